The summed E-state index contributed by atoms with van der Waals surface area (Å²) in [4.78, 5) is 52.2. The highest BCUT2D eigenvalue weighted by Gasteiger charge is 2.56. The van der Waals surface area contributed by atoms with Crippen molar-refractivity contribution in [3.63, 3.8) is 0 Å². The Kier molecular flexibility index (Phi) is 7.02. The van der Waals surface area contributed by atoms with Gasteiger partial charge in [-0.15, -0.1) is 11.8 Å². The quantitative estimate of drug-likeness (QED) is 0.279. The lowest BCUT2D eigenvalue weighted by molar-refractivity contribution is -0.165. The van der Waals surface area contributed by atoms with Gasteiger partial charge in [-0.25, -0.2) is 4.79 Å². The number of thiophene rings is 1. The fourth-order valence-corrected chi connectivity index (χ4v) is 6.17. The van der Waals surface area contributed by atoms with Crippen LogP contribution in [0.15, 0.2) is 88.5 Å². The fourth-order valence-electron chi connectivity index (χ4n) is 4.32. The van der Waals surface area contributed by atoms with Gasteiger partial charge in [-0.05, 0) is 38.9 Å². The maximum atomic E-state index is 13.5. The molecule has 3 atom stereocenters. The second-order valence-corrected chi connectivity index (χ2v) is 10.2. The lowest BCUT2D eigenvalue weighted by Crippen LogP contribution is -2.74. The molecule has 0 aliphatic carbocycles. The van der Waals surface area contributed by atoms with Crippen molar-refractivity contribution in [1.82, 2.24) is 10.2 Å². The fraction of sp³-hybridized carbons (Fsp3) is 0.185. The number of β-lactam (4-membered cyclic amide) rings is 1. The molecule has 2 unspecified atom stereocenters. The minimum absolute atomic E-state index is 0.150. The Morgan fingerprint density at radius 2 is 1.69 bits per heavy atom. The van der Waals surface area contributed by atoms with Gasteiger partial charge in [0.15, 0.2) is 12.1 Å². The van der Waals surface area contributed by atoms with E-state index in [1.807, 2.05) is 77.5 Å². The number of nitrogens with zero attached hydrogens (tertiary/aromatic N) is 1. The normalized spacial score (nSPS) is 20.7. The van der Waals surface area contributed by atoms with Gasteiger partial charge in [0.1, 0.15) is 17.7 Å². The number of nitrogens with one attached hydrogen (secondary N) is 1. The van der Waals surface area contributed by atoms with Crippen molar-refractivity contribution in [1.29, 1.82) is 0 Å². The van der Waals surface area contributed by atoms with Crippen LogP contribution in [0.1, 0.15) is 22.8 Å². The van der Waals surface area contributed by atoms with Crippen molar-refractivity contribution in [3.05, 3.63) is 105 Å². The molecule has 1 N–H and O–H groups in total. The SMILES string of the molecule is O=CC1=CS[C@H]2C(NC(=O)Cc3ccsc3)C(=O)N2C1C(=O)OC(c1ccccc1)c1ccccc1. The number of amides is 2. The highest BCUT2D eigenvalue weighted by Crippen LogP contribution is 2.40. The van der Waals surface area contributed by atoms with E-state index in [9.17, 15) is 19.2 Å². The minimum atomic E-state index is -1.18. The Hall–Kier alpha value is -3.69. The van der Waals surface area contributed by atoms with Crippen LogP contribution in [0, 0.1) is 0 Å². The summed E-state index contributed by atoms with van der Waals surface area (Å²) in [5, 5.41) is 7.61. The number of hydrogen-bond acceptors (Lipinski definition) is 7. The van der Waals surface area contributed by atoms with E-state index >= 15 is 0 Å². The third-order valence-electron chi connectivity index (χ3n) is 6.08. The molecule has 2 aliphatic heterocycles. The van der Waals surface area contributed by atoms with E-state index < -0.39 is 35.4 Å². The Morgan fingerprint density at radius 3 is 2.28 bits per heavy atom. The van der Waals surface area contributed by atoms with Crippen LogP contribution in [-0.4, -0.2) is 46.4 Å². The van der Waals surface area contributed by atoms with Crippen LogP contribution in [0.5, 0.6) is 0 Å². The smallest absolute Gasteiger partial charge is 0.334 e. The molecule has 1 saturated heterocycles. The zero-order chi connectivity index (χ0) is 25.1. The molecule has 2 aliphatic rings. The van der Waals surface area contributed by atoms with E-state index in [-0.39, 0.29) is 17.9 Å². The average molecular weight is 519 g/mol. The Bertz CT molecular complexity index is 1250. The van der Waals surface area contributed by atoms with Crippen LogP contribution in [0.2, 0.25) is 0 Å². The predicted octanol–water partition coefficient (Wildman–Crippen LogP) is 3.47. The summed E-state index contributed by atoms with van der Waals surface area (Å²) >= 11 is 2.73. The predicted molar refractivity (Wildman–Crippen MR) is 137 cm³/mol. The monoisotopic (exact) mass is 518 g/mol. The average Bonchev–Trinajstić information content (AvgIpc) is 3.43. The maximum absolute atomic E-state index is 13.5. The van der Waals surface area contributed by atoms with Gasteiger partial charge in [-0.1, -0.05) is 60.7 Å². The minimum Gasteiger partial charge on any atom is -0.451 e. The Morgan fingerprint density at radius 1 is 1.03 bits per heavy atom. The zero-order valence-corrected chi connectivity index (χ0v) is 20.6. The first-order valence-corrected chi connectivity index (χ1v) is 13.2. The number of hydrogen-bond donors (Lipinski definition) is 1. The Labute approximate surface area is 216 Å². The van der Waals surface area contributed by atoms with Crippen LogP contribution in [0.3, 0.4) is 0 Å². The van der Waals surface area contributed by atoms with Crippen molar-refractivity contribution in [3.8, 4) is 0 Å². The molecule has 1 fully saturated rings. The van der Waals surface area contributed by atoms with E-state index in [0.29, 0.717) is 6.29 Å². The number of rotatable bonds is 8. The molecule has 0 saturated carbocycles. The van der Waals surface area contributed by atoms with Gasteiger partial charge in [-0.3, -0.25) is 14.4 Å². The molecule has 2 aromatic carbocycles. The molecular weight excluding hydrogens is 496 g/mol. The summed E-state index contributed by atoms with van der Waals surface area (Å²) in [5.41, 5.74) is 2.56. The van der Waals surface area contributed by atoms with Crippen LogP contribution < -0.4 is 5.32 Å². The van der Waals surface area contributed by atoms with Gasteiger partial charge < -0.3 is 15.0 Å². The van der Waals surface area contributed by atoms with Gasteiger partial charge in [0.2, 0.25) is 11.8 Å². The number of ether oxygens (including phenoxy) is 1. The molecule has 7 nitrogen and oxygen atoms in total. The zero-order valence-electron chi connectivity index (χ0n) is 19.0. The molecule has 0 spiro atoms. The first kappa shape index (κ1) is 24.0. The van der Waals surface area contributed by atoms with E-state index in [2.05, 4.69) is 5.32 Å². The summed E-state index contributed by atoms with van der Waals surface area (Å²) in [5.74, 6) is -1.39. The van der Waals surface area contributed by atoms with Gasteiger partial charge in [-0.2, -0.15) is 11.3 Å². The van der Waals surface area contributed by atoms with E-state index in [4.69, 9.17) is 4.74 Å². The number of fused-ring (bicyclic) bond motifs is 1. The molecule has 36 heavy (non-hydrogen) atoms. The second-order valence-electron chi connectivity index (χ2n) is 8.40. The van der Waals surface area contributed by atoms with Crippen molar-refractivity contribution in [2.45, 2.75) is 30.0 Å². The molecule has 5 rings (SSSR count). The van der Waals surface area contributed by atoms with Crippen molar-refractivity contribution in [2.75, 3.05) is 0 Å². The van der Waals surface area contributed by atoms with Gasteiger partial charge in [0.05, 0.1) is 6.42 Å². The molecular formula is C27H22N2O5S2. The van der Waals surface area contributed by atoms with Crippen LogP contribution in [-0.2, 0) is 30.3 Å². The lowest BCUT2D eigenvalue weighted by atomic mass is 9.97. The first-order valence-electron chi connectivity index (χ1n) is 11.3. The number of thioether (sulfide) groups is 1. The highest BCUT2D eigenvalue weighted by atomic mass is 32.2. The van der Waals surface area contributed by atoms with Crippen molar-refractivity contribution >= 4 is 47.2 Å². The molecule has 182 valence electrons. The van der Waals surface area contributed by atoms with Gasteiger partial charge >= 0.3 is 5.97 Å². The maximum Gasteiger partial charge on any atom is 0.334 e. The van der Waals surface area contributed by atoms with Crippen LogP contribution in [0.25, 0.3) is 0 Å². The molecule has 0 bridgehead atoms. The van der Waals surface area contributed by atoms with Crippen LogP contribution in [0.4, 0.5) is 0 Å². The Balaban J connectivity index is 1.35. The number of carbonyl (C=O) groups is 4. The number of esters is 1. The van der Waals surface area contributed by atoms with E-state index in [1.54, 1.807) is 5.41 Å². The topological polar surface area (TPSA) is 92.8 Å². The molecule has 1 aromatic heterocycles. The van der Waals surface area contributed by atoms with Gasteiger partial charge in [0, 0.05) is 5.57 Å². The summed E-state index contributed by atoms with van der Waals surface area (Å²) in [6.07, 6.45) is 0.0325. The number of benzene rings is 2. The largest absolute Gasteiger partial charge is 0.451 e. The molecule has 2 amide bonds. The van der Waals surface area contributed by atoms with Crippen molar-refractivity contribution in [2.24, 2.45) is 0 Å². The number of aldehydes is 1. The summed E-state index contributed by atoms with van der Waals surface area (Å²) in [7, 11) is 0. The second kappa shape index (κ2) is 10.5. The van der Waals surface area contributed by atoms with Gasteiger partial charge in [0.25, 0.3) is 0 Å². The first-order chi connectivity index (χ1) is 17.6. The summed E-state index contributed by atoms with van der Waals surface area (Å²) in [6.45, 7) is 0. The third-order valence-corrected chi connectivity index (χ3v) is 8.00. The van der Waals surface area contributed by atoms with Crippen LogP contribution >= 0.6 is 23.1 Å². The molecule has 0 radical (unpaired) electrons. The summed E-state index contributed by atoms with van der Waals surface area (Å²) in [6, 6.07) is 18.5. The molecule has 9 heteroatoms. The highest BCUT2D eigenvalue weighted by molar-refractivity contribution is 8.03. The van der Waals surface area contributed by atoms with Crippen molar-refractivity contribution < 1.29 is 23.9 Å². The number of carbonyl (C=O) groups excluding carboxylic acids is 4. The lowest BCUT2D eigenvalue weighted by Gasteiger charge is -2.51. The third kappa shape index (κ3) is 4.72. The van der Waals surface area contributed by atoms with E-state index in [1.165, 1.54) is 28.0 Å². The van der Waals surface area contributed by atoms with E-state index in [0.717, 1.165) is 16.7 Å². The standard InChI is InChI=1S/C27H22N2O5S2/c30-14-20-16-36-26-22(28-21(31)13-17-11-12-35-15-17)25(32)29(26)23(20)27(33)34-24(18-7-3-1-4-8-18)19-9-5-2-6-10-19/h1-12,14-16,22-24,26H,13H2,(H,28,31)/t22?,23?,26-/m0/s1. The summed E-state index contributed by atoms with van der Waals surface area (Å²) < 4.78 is 5.95. The molecule has 3 aromatic rings. The molecule has 3 heterocycles.